The van der Waals surface area contributed by atoms with E-state index in [1.54, 1.807) is 0 Å². The molecule has 1 amide bonds. The number of carboxylic acid groups (broad SMARTS) is 1. The van der Waals surface area contributed by atoms with Crippen molar-refractivity contribution in [3.05, 3.63) is 0 Å². The van der Waals surface area contributed by atoms with E-state index in [-0.39, 0.29) is 6.04 Å². The molecule has 2 aliphatic carbocycles. The van der Waals surface area contributed by atoms with Crippen molar-refractivity contribution in [1.82, 2.24) is 5.32 Å². The maximum absolute atomic E-state index is 10.2. The zero-order valence-electron chi connectivity index (χ0n) is 10.7. The standard InChI is InChI=1S/C7H13NO2.C6H13N/c9-7(10)8-6-4-2-1-3-5-6;7-6-4-2-1-3-5-6/h6,8H,1-5H2,(H,9,10);6H,1-5,7H2. The van der Waals surface area contributed by atoms with Crippen LogP contribution >= 0.6 is 0 Å². The molecule has 4 heteroatoms. The SMILES string of the molecule is NC1CCCCC1.O=C(O)NC1CCCCC1. The zero-order valence-corrected chi connectivity index (χ0v) is 10.7. The summed E-state index contributed by atoms with van der Waals surface area (Å²) < 4.78 is 0. The predicted molar refractivity (Wildman–Crippen MR) is 69.1 cm³/mol. The van der Waals surface area contributed by atoms with Crippen LogP contribution in [0, 0.1) is 0 Å². The Bertz CT molecular complexity index is 209. The summed E-state index contributed by atoms with van der Waals surface area (Å²) >= 11 is 0. The minimum absolute atomic E-state index is 0.228. The second-order valence-electron chi connectivity index (χ2n) is 5.18. The van der Waals surface area contributed by atoms with Gasteiger partial charge in [-0.05, 0) is 25.7 Å². The summed E-state index contributed by atoms with van der Waals surface area (Å²) in [6, 6.07) is 0.764. The number of hydrogen-bond donors (Lipinski definition) is 3. The summed E-state index contributed by atoms with van der Waals surface area (Å²) in [6.07, 6.45) is 11.4. The molecule has 0 atom stereocenters. The zero-order chi connectivity index (χ0) is 12.5. The normalized spacial score (nSPS) is 22.4. The van der Waals surface area contributed by atoms with Crippen LogP contribution in [-0.2, 0) is 0 Å². The molecule has 0 unspecified atom stereocenters. The lowest BCUT2D eigenvalue weighted by molar-refractivity contribution is 0.186. The second-order valence-corrected chi connectivity index (χ2v) is 5.18. The summed E-state index contributed by atoms with van der Waals surface area (Å²) in [7, 11) is 0. The van der Waals surface area contributed by atoms with Gasteiger partial charge in [0.25, 0.3) is 0 Å². The Balaban J connectivity index is 0.000000181. The largest absolute Gasteiger partial charge is 0.465 e. The maximum atomic E-state index is 10.2. The van der Waals surface area contributed by atoms with Crippen molar-refractivity contribution in [3.8, 4) is 0 Å². The Labute approximate surface area is 104 Å². The Hall–Kier alpha value is -0.770. The van der Waals surface area contributed by atoms with Crippen molar-refractivity contribution in [2.45, 2.75) is 76.3 Å². The molecule has 0 aromatic carbocycles. The second kappa shape index (κ2) is 8.34. The molecule has 2 aliphatic rings. The minimum atomic E-state index is -0.882. The number of hydrogen-bond acceptors (Lipinski definition) is 2. The molecule has 4 nitrogen and oxygen atoms in total. The van der Waals surface area contributed by atoms with Crippen LogP contribution in [0.4, 0.5) is 4.79 Å². The van der Waals surface area contributed by atoms with Crippen molar-refractivity contribution in [2.24, 2.45) is 5.73 Å². The van der Waals surface area contributed by atoms with E-state index in [2.05, 4.69) is 5.32 Å². The van der Waals surface area contributed by atoms with Gasteiger partial charge in [0.05, 0.1) is 0 Å². The maximum Gasteiger partial charge on any atom is 0.404 e. The monoisotopic (exact) mass is 242 g/mol. The van der Waals surface area contributed by atoms with Crippen molar-refractivity contribution in [2.75, 3.05) is 0 Å². The predicted octanol–water partition coefficient (Wildman–Crippen LogP) is 2.86. The van der Waals surface area contributed by atoms with Crippen molar-refractivity contribution in [3.63, 3.8) is 0 Å². The molecule has 4 N–H and O–H groups in total. The summed E-state index contributed by atoms with van der Waals surface area (Å²) in [5.74, 6) is 0. The number of carbonyl (C=O) groups is 1. The van der Waals surface area contributed by atoms with Crippen LogP contribution < -0.4 is 11.1 Å². The Kier molecular flexibility index (Phi) is 7.01. The first kappa shape index (κ1) is 14.3. The topological polar surface area (TPSA) is 75.4 Å². The fourth-order valence-electron chi connectivity index (χ4n) is 2.56. The molecule has 0 aromatic rings. The van der Waals surface area contributed by atoms with Crippen molar-refractivity contribution >= 4 is 6.09 Å². The minimum Gasteiger partial charge on any atom is -0.465 e. The van der Waals surface area contributed by atoms with Crippen LogP contribution in [0.5, 0.6) is 0 Å². The van der Waals surface area contributed by atoms with Gasteiger partial charge in [-0.15, -0.1) is 0 Å². The summed E-state index contributed by atoms with van der Waals surface area (Å²) in [6.45, 7) is 0. The molecule has 2 saturated carbocycles. The summed E-state index contributed by atoms with van der Waals surface area (Å²) in [5.41, 5.74) is 5.63. The molecule has 0 heterocycles. The number of nitrogens with two attached hydrogens (primary N) is 1. The third kappa shape index (κ3) is 7.21. The first-order valence-corrected chi connectivity index (χ1v) is 6.93. The van der Waals surface area contributed by atoms with Gasteiger partial charge in [0, 0.05) is 12.1 Å². The van der Waals surface area contributed by atoms with E-state index in [1.807, 2.05) is 0 Å². The third-order valence-corrected chi connectivity index (χ3v) is 3.58. The van der Waals surface area contributed by atoms with E-state index in [9.17, 15) is 4.79 Å². The van der Waals surface area contributed by atoms with Gasteiger partial charge < -0.3 is 16.2 Å². The van der Waals surface area contributed by atoms with E-state index in [0.29, 0.717) is 6.04 Å². The Morgan fingerprint density at radius 2 is 1.41 bits per heavy atom. The highest BCUT2D eigenvalue weighted by Gasteiger charge is 2.14. The molecule has 0 aromatic heterocycles. The molecule has 17 heavy (non-hydrogen) atoms. The van der Waals surface area contributed by atoms with E-state index in [4.69, 9.17) is 10.8 Å². The highest BCUT2D eigenvalue weighted by atomic mass is 16.4. The molecule has 0 bridgehead atoms. The lowest BCUT2D eigenvalue weighted by Gasteiger charge is -2.20. The molecule has 0 spiro atoms. The highest BCUT2D eigenvalue weighted by molar-refractivity contribution is 5.64. The molecule has 0 saturated heterocycles. The van der Waals surface area contributed by atoms with Crippen LogP contribution in [-0.4, -0.2) is 23.3 Å². The van der Waals surface area contributed by atoms with Crippen LogP contribution in [0.25, 0.3) is 0 Å². The van der Waals surface area contributed by atoms with Crippen LogP contribution in [0.3, 0.4) is 0 Å². The van der Waals surface area contributed by atoms with Crippen molar-refractivity contribution < 1.29 is 9.90 Å². The third-order valence-electron chi connectivity index (χ3n) is 3.58. The average molecular weight is 242 g/mol. The molecule has 2 rings (SSSR count). The van der Waals surface area contributed by atoms with Gasteiger partial charge in [0.15, 0.2) is 0 Å². The molecule has 100 valence electrons. The highest BCUT2D eigenvalue weighted by Crippen LogP contribution is 2.17. The number of nitrogens with one attached hydrogen (secondary N) is 1. The summed E-state index contributed by atoms with van der Waals surface area (Å²) in [5, 5.41) is 10.9. The lowest BCUT2D eigenvalue weighted by atomic mass is 9.96. The van der Waals surface area contributed by atoms with Crippen LogP contribution in [0.1, 0.15) is 64.2 Å². The summed E-state index contributed by atoms with van der Waals surface area (Å²) in [4.78, 5) is 10.2. The van der Waals surface area contributed by atoms with Gasteiger partial charge in [-0.25, -0.2) is 4.79 Å². The van der Waals surface area contributed by atoms with Crippen LogP contribution in [0.15, 0.2) is 0 Å². The fraction of sp³-hybridized carbons (Fsp3) is 0.923. The van der Waals surface area contributed by atoms with Crippen molar-refractivity contribution in [1.29, 1.82) is 0 Å². The van der Waals surface area contributed by atoms with E-state index >= 15 is 0 Å². The molecule has 2 fully saturated rings. The van der Waals surface area contributed by atoms with E-state index in [1.165, 1.54) is 51.4 Å². The smallest absolute Gasteiger partial charge is 0.404 e. The molecular weight excluding hydrogens is 216 g/mol. The van der Waals surface area contributed by atoms with Gasteiger partial charge in [-0.3, -0.25) is 0 Å². The van der Waals surface area contributed by atoms with Gasteiger partial charge in [0.1, 0.15) is 0 Å². The first-order chi connectivity index (χ1) is 8.18. The Morgan fingerprint density at radius 3 is 1.76 bits per heavy atom. The molecular formula is C13H26N2O2. The van der Waals surface area contributed by atoms with Gasteiger partial charge in [-0.1, -0.05) is 38.5 Å². The Morgan fingerprint density at radius 1 is 0.941 bits per heavy atom. The average Bonchev–Trinajstić information content (AvgIpc) is 2.31. The fourth-order valence-corrected chi connectivity index (χ4v) is 2.56. The molecule has 0 radical (unpaired) electrons. The van der Waals surface area contributed by atoms with Crippen LogP contribution in [0.2, 0.25) is 0 Å². The number of amides is 1. The van der Waals surface area contributed by atoms with E-state index in [0.717, 1.165) is 12.8 Å². The number of rotatable bonds is 1. The van der Waals surface area contributed by atoms with Gasteiger partial charge in [0.2, 0.25) is 0 Å². The first-order valence-electron chi connectivity index (χ1n) is 6.93. The van der Waals surface area contributed by atoms with Gasteiger partial charge in [-0.2, -0.15) is 0 Å². The van der Waals surface area contributed by atoms with E-state index < -0.39 is 6.09 Å². The molecule has 0 aliphatic heterocycles. The lowest BCUT2D eigenvalue weighted by Crippen LogP contribution is -2.34. The quantitative estimate of drug-likeness (QED) is 0.662. The van der Waals surface area contributed by atoms with Gasteiger partial charge >= 0.3 is 6.09 Å².